The van der Waals surface area contributed by atoms with Gasteiger partial charge in [0.1, 0.15) is 53.6 Å². The van der Waals surface area contributed by atoms with Crippen molar-refractivity contribution >= 4 is 23.3 Å². The van der Waals surface area contributed by atoms with Gasteiger partial charge in [-0.1, -0.05) is 26.5 Å². The molecule has 2 atom stereocenters. The second kappa shape index (κ2) is 12.0. The van der Waals surface area contributed by atoms with Crippen molar-refractivity contribution in [3.05, 3.63) is 83.5 Å². The molecule has 6 rings (SSSR count). The third kappa shape index (κ3) is 5.26. The zero-order valence-electron chi connectivity index (χ0n) is 24.8. The number of nitrogens with one attached hydrogen (secondary N) is 1. The maximum Gasteiger partial charge on any atom is 0.329 e. The third-order valence-electron chi connectivity index (χ3n) is 8.10. The van der Waals surface area contributed by atoms with Gasteiger partial charge in [0.05, 0.1) is 29.8 Å². The fraction of sp³-hybridized carbons (Fsp3) is 0.344. The minimum absolute atomic E-state index is 0.0168. The molecule has 2 bridgehead atoms. The van der Waals surface area contributed by atoms with Gasteiger partial charge in [-0.3, -0.25) is 25.0 Å². The van der Waals surface area contributed by atoms with Crippen molar-refractivity contribution in [1.82, 2.24) is 20.1 Å². The number of anilines is 1. The van der Waals surface area contributed by atoms with Gasteiger partial charge in [-0.2, -0.15) is 5.26 Å². The zero-order chi connectivity index (χ0) is 31.8. The molecule has 1 N–H and O–H groups in total. The molecule has 1 fully saturated rings. The molecule has 0 radical (unpaired) electrons. The highest BCUT2D eigenvalue weighted by molar-refractivity contribution is 6.15. The second-order valence-electron chi connectivity index (χ2n) is 11.2. The Balaban J connectivity index is 1.55. The summed E-state index contributed by atoms with van der Waals surface area (Å²) in [5, 5.41) is 12.4. The van der Waals surface area contributed by atoms with Crippen molar-refractivity contribution in [3.63, 3.8) is 0 Å². The second-order valence-corrected chi connectivity index (χ2v) is 11.2. The minimum Gasteiger partial charge on any atom is -0.489 e. The fourth-order valence-electron chi connectivity index (χ4n) is 6.07. The number of urea groups is 1. The van der Waals surface area contributed by atoms with Crippen LogP contribution < -0.4 is 19.7 Å². The molecule has 1 aromatic carbocycles. The topological polar surface area (TPSA) is 123 Å². The van der Waals surface area contributed by atoms with Gasteiger partial charge in [-0.15, -0.1) is 0 Å². The monoisotopic (exact) mass is 615 g/mol. The molecule has 4 aliphatic heterocycles. The van der Waals surface area contributed by atoms with E-state index in [0.29, 0.717) is 22.7 Å². The van der Waals surface area contributed by atoms with Crippen LogP contribution in [0.15, 0.2) is 71.4 Å². The smallest absolute Gasteiger partial charge is 0.329 e. The number of dihydropyridines is 1. The highest BCUT2D eigenvalue weighted by atomic mass is 19.1. The maximum absolute atomic E-state index is 16.2. The molecule has 45 heavy (non-hydrogen) atoms. The Morgan fingerprint density at radius 3 is 2.73 bits per heavy atom. The Morgan fingerprint density at radius 2 is 2.00 bits per heavy atom. The molecular formula is C32H31F2N7O4. The Bertz CT molecular complexity index is 1710. The van der Waals surface area contributed by atoms with Crippen molar-refractivity contribution < 1.29 is 27.8 Å². The molecule has 4 aliphatic rings. The lowest BCUT2D eigenvalue weighted by Crippen LogP contribution is -2.60. The number of aliphatic imine (C=N–C) groups is 1. The minimum atomic E-state index is -1.15. The SMILES string of the molecule is C=CC(=O)N1CCN(C2=C3C=C(F)C4=NC3N(C(=O)N2)c2c(ccnc2C(C)C)OCCOc2cccc(F)c24)C[C@@H]1CC#N. The van der Waals surface area contributed by atoms with Crippen LogP contribution in [0.25, 0.3) is 0 Å². The van der Waals surface area contributed by atoms with Gasteiger partial charge >= 0.3 is 6.03 Å². The van der Waals surface area contributed by atoms with Crippen LogP contribution in [0, 0.1) is 17.1 Å². The largest absolute Gasteiger partial charge is 0.489 e. The molecule has 232 valence electrons. The van der Waals surface area contributed by atoms with E-state index in [9.17, 15) is 14.9 Å². The first kappa shape index (κ1) is 29.8. The van der Waals surface area contributed by atoms with Crippen LogP contribution in [0.1, 0.15) is 37.4 Å². The summed E-state index contributed by atoms with van der Waals surface area (Å²) in [6, 6.07) is 6.84. The predicted molar refractivity (Wildman–Crippen MR) is 161 cm³/mol. The number of piperazine rings is 1. The van der Waals surface area contributed by atoms with E-state index in [1.807, 2.05) is 18.7 Å². The van der Waals surface area contributed by atoms with Gasteiger partial charge in [0.25, 0.3) is 0 Å². The van der Waals surface area contributed by atoms with Crippen LogP contribution in [0.2, 0.25) is 0 Å². The average Bonchev–Trinajstić information content (AvgIpc) is 3.02. The number of carbonyl (C=O) groups is 2. The van der Waals surface area contributed by atoms with Crippen molar-refractivity contribution in [2.24, 2.45) is 4.99 Å². The first-order valence-electron chi connectivity index (χ1n) is 14.6. The fourth-order valence-corrected chi connectivity index (χ4v) is 6.07. The summed E-state index contributed by atoms with van der Waals surface area (Å²) < 4.78 is 43.5. The first-order valence-corrected chi connectivity index (χ1v) is 14.6. The van der Waals surface area contributed by atoms with Gasteiger partial charge < -0.3 is 19.3 Å². The van der Waals surface area contributed by atoms with E-state index < -0.39 is 29.9 Å². The first-order chi connectivity index (χ1) is 21.7. The molecular weight excluding hydrogens is 584 g/mol. The molecule has 1 unspecified atom stereocenters. The number of fused-ring (bicyclic) bond motifs is 4. The summed E-state index contributed by atoms with van der Waals surface area (Å²) >= 11 is 0. The number of amides is 3. The number of nitriles is 1. The van der Waals surface area contributed by atoms with E-state index >= 15 is 8.78 Å². The van der Waals surface area contributed by atoms with Crippen LogP contribution in [-0.2, 0) is 4.79 Å². The van der Waals surface area contributed by atoms with Crippen LogP contribution in [0.3, 0.4) is 0 Å². The highest BCUT2D eigenvalue weighted by Crippen LogP contribution is 2.42. The van der Waals surface area contributed by atoms with E-state index in [-0.39, 0.29) is 73.9 Å². The molecule has 0 aliphatic carbocycles. The number of allylic oxidation sites excluding steroid dienone is 1. The number of ether oxygens (including phenoxy) is 2. The maximum atomic E-state index is 16.2. The van der Waals surface area contributed by atoms with Gasteiger partial charge in [-0.05, 0) is 30.2 Å². The Kier molecular flexibility index (Phi) is 7.97. The number of hydrogen-bond donors (Lipinski definition) is 1. The zero-order valence-corrected chi connectivity index (χ0v) is 24.8. The molecule has 5 heterocycles. The van der Waals surface area contributed by atoms with E-state index in [2.05, 4.69) is 22.9 Å². The molecule has 0 saturated carbocycles. The molecule has 11 nitrogen and oxygen atoms in total. The van der Waals surface area contributed by atoms with E-state index in [0.717, 1.165) is 0 Å². The number of nitrogens with zero attached hydrogens (tertiary/aromatic N) is 6. The van der Waals surface area contributed by atoms with Crippen molar-refractivity contribution in [3.8, 4) is 17.6 Å². The van der Waals surface area contributed by atoms with Crippen LogP contribution >= 0.6 is 0 Å². The van der Waals surface area contributed by atoms with Crippen molar-refractivity contribution in [2.45, 2.75) is 38.4 Å². The van der Waals surface area contributed by atoms with Gasteiger partial charge in [0, 0.05) is 37.5 Å². The van der Waals surface area contributed by atoms with Gasteiger partial charge in [0.15, 0.2) is 6.17 Å². The molecule has 1 saturated heterocycles. The molecule has 1 aromatic heterocycles. The van der Waals surface area contributed by atoms with E-state index in [1.165, 1.54) is 35.3 Å². The number of aromatic nitrogens is 1. The van der Waals surface area contributed by atoms with Crippen molar-refractivity contribution in [2.75, 3.05) is 37.7 Å². The summed E-state index contributed by atoms with van der Waals surface area (Å²) in [7, 11) is 0. The standard InChI is InChI=1S/C32H31F2N7O4/c1-4-25(42)40-13-12-39(17-19(40)8-10-35)30-20-16-22(34)28-26-21(33)6-5-7-23(26)44-14-15-45-24-9-11-36-27(18(2)3)29(24)41(31(20)37-28)32(43)38-30/h4-7,9,11,16,18-19,31H,1,8,12-15,17H2,2-3H3,(H,38,43)/t19-,31?/m0/s1. The van der Waals surface area contributed by atoms with Crippen LogP contribution in [-0.4, -0.2) is 77.5 Å². The molecule has 0 spiro atoms. The predicted octanol–water partition coefficient (Wildman–Crippen LogP) is 4.15. The van der Waals surface area contributed by atoms with E-state index in [4.69, 9.17) is 14.5 Å². The Labute approximate surface area is 258 Å². The number of benzene rings is 1. The summed E-state index contributed by atoms with van der Waals surface area (Å²) in [4.78, 5) is 40.7. The number of carbonyl (C=O) groups excluding carboxylic acids is 2. The lowest BCUT2D eigenvalue weighted by molar-refractivity contribution is -0.130. The molecule has 3 amide bonds. The highest BCUT2D eigenvalue weighted by Gasteiger charge is 2.44. The lowest BCUT2D eigenvalue weighted by Gasteiger charge is -2.46. The number of pyridine rings is 1. The molecule has 2 aromatic rings. The average molecular weight is 616 g/mol. The Morgan fingerprint density at radius 1 is 1.22 bits per heavy atom. The number of rotatable bonds is 4. The van der Waals surface area contributed by atoms with Crippen molar-refractivity contribution in [1.29, 1.82) is 5.26 Å². The summed E-state index contributed by atoms with van der Waals surface area (Å²) in [5.74, 6) is -1.29. The van der Waals surface area contributed by atoms with Crippen LogP contribution in [0.5, 0.6) is 11.5 Å². The normalized spacial score (nSPS) is 21.1. The summed E-state index contributed by atoms with van der Waals surface area (Å²) in [5.41, 5.74) is 0.739. The summed E-state index contributed by atoms with van der Waals surface area (Å²) in [6.07, 6.45) is 2.91. The lowest BCUT2D eigenvalue weighted by atomic mass is 9.97. The third-order valence-corrected chi connectivity index (χ3v) is 8.10. The van der Waals surface area contributed by atoms with Gasteiger partial charge in [0.2, 0.25) is 5.91 Å². The van der Waals surface area contributed by atoms with E-state index in [1.54, 1.807) is 17.2 Å². The number of halogens is 2. The van der Waals surface area contributed by atoms with Gasteiger partial charge in [-0.25, -0.2) is 13.6 Å². The van der Waals surface area contributed by atoms with Crippen LogP contribution in [0.4, 0.5) is 19.3 Å². The Hall–Kier alpha value is -5.25. The summed E-state index contributed by atoms with van der Waals surface area (Å²) in [6.45, 7) is 8.19. The number of hydrogen-bond acceptors (Lipinski definition) is 8. The quantitative estimate of drug-likeness (QED) is 0.513. The molecule has 13 heteroatoms.